The number of hydrogen-bond donors (Lipinski definition) is 1. The second kappa shape index (κ2) is 8.11. The Kier molecular flexibility index (Phi) is 5.90. The van der Waals surface area contributed by atoms with Crippen molar-refractivity contribution in [1.29, 1.82) is 0 Å². The number of fused-ring (bicyclic) bond motifs is 1. The van der Waals surface area contributed by atoms with Gasteiger partial charge in [-0.2, -0.15) is 0 Å². The number of carbonyl (C=O) groups excluding carboxylic acids is 1. The van der Waals surface area contributed by atoms with Crippen molar-refractivity contribution in [3.63, 3.8) is 0 Å². The lowest BCUT2D eigenvalue weighted by atomic mass is 10.1. The second-order valence-corrected chi connectivity index (χ2v) is 5.26. The monoisotopic (exact) mass is 336 g/mol. The zero-order valence-corrected chi connectivity index (χ0v) is 14.7. The zero-order valence-electron chi connectivity index (χ0n) is 14.7. The van der Waals surface area contributed by atoms with Crippen LogP contribution in [0, 0.1) is 0 Å². The van der Waals surface area contributed by atoms with Crippen LogP contribution in [0.3, 0.4) is 0 Å². The first kappa shape index (κ1) is 18.2. The van der Waals surface area contributed by atoms with E-state index >= 15 is 0 Å². The van der Waals surface area contributed by atoms with E-state index in [1.807, 2.05) is 62.4 Å². The summed E-state index contributed by atoms with van der Waals surface area (Å²) in [6.45, 7) is 7.70. The van der Waals surface area contributed by atoms with Crippen LogP contribution in [0.15, 0.2) is 66.0 Å². The molecule has 0 aliphatic heterocycles. The van der Waals surface area contributed by atoms with Gasteiger partial charge in [-0.1, -0.05) is 56.8 Å². The van der Waals surface area contributed by atoms with Gasteiger partial charge in [0.05, 0.1) is 0 Å². The van der Waals surface area contributed by atoms with Gasteiger partial charge in [-0.05, 0) is 35.2 Å². The SMILES string of the molecule is C=Cc1ccc(N(C)C(=O)c2cc3ccccc3[nH]c2=O)cc1.CC.[HH]. The van der Waals surface area contributed by atoms with Crippen LogP contribution in [0.4, 0.5) is 5.69 Å². The Labute approximate surface area is 148 Å². The molecule has 0 saturated heterocycles. The van der Waals surface area contributed by atoms with Gasteiger partial charge < -0.3 is 9.88 Å². The first-order chi connectivity index (χ1) is 12.1. The Bertz CT molecular complexity index is 946. The molecule has 4 heteroatoms. The van der Waals surface area contributed by atoms with Crippen molar-refractivity contribution in [3.05, 3.63) is 82.7 Å². The van der Waals surface area contributed by atoms with Crippen LogP contribution in [-0.4, -0.2) is 17.9 Å². The molecule has 0 atom stereocenters. The van der Waals surface area contributed by atoms with Crippen molar-refractivity contribution in [2.45, 2.75) is 13.8 Å². The molecule has 1 amide bonds. The van der Waals surface area contributed by atoms with E-state index in [4.69, 9.17) is 0 Å². The van der Waals surface area contributed by atoms with E-state index in [0.717, 1.165) is 10.9 Å². The molecule has 0 radical (unpaired) electrons. The predicted molar refractivity (Wildman–Crippen MR) is 107 cm³/mol. The van der Waals surface area contributed by atoms with Gasteiger partial charge in [-0.25, -0.2) is 0 Å². The Hall–Kier alpha value is -3.14. The topological polar surface area (TPSA) is 53.2 Å². The smallest absolute Gasteiger partial charge is 0.263 e. The van der Waals surface area contributed by atoms with Crippen LogP contribution < -0.4 is 10.5 Å². The van der Waals surface area contributed by atoms with E-state index in [-0.39, 0.29) is 18.5 Å². The maximum atomic E-state index is 12.6. The van der Waals surface area contributed by atoms with Gasteiger partial charge in [0.1, 0.15) is 5.56 Å². The molecule has 0 spiro atoms. The third-order valence-electron chi connectivity index (χ3n) is 3.80. The van der Waals surface area contributed by atoms with Gasteiger partial charge in [0.25, 0.3) is 11.5 Å². The largest absolute Gasteiger partial charge is 0.321 e. The van der Waals surface area contributed by atoms with Crippen LogP contribution in [0.25, 0.3) is 17.0 Å². The molecule has 130 valence electrons. The molecule has 1 aromatic heterocycles. The van der Waals surface area contributed by atoms with Gasteiger partial charge in [-0.3, -0.25) is 9.59 Å². The highest BCUT2D eigenvalue weighted by atomic mass is 16.2. The van der Waals surface area contributed by atoms with Crippen LogP contribution >= 0.6 is 0 Å². The van der Waals surface area contributed by atoms with Crippen molar-refractivity contribution in [2.24, 2.45) is 0 Å². The highest BCUT2D eigenvalue weighted by Crippen LogP contribution is 2.17. The van der Waals surface area contributed by atoms with E-state index in [1.54, 1.807) is 19.2 Å². The molecule has 4 nitrogen and oxygen atoms in total. The van der Waals surface area contributed by atoms with Crippen LogP contribution in [0.2, 0.25) is 0 Å². The van der Waals surface area contributed by atoms with E-state index in [2.05, 4.69) is 11.6 Å². The Morgan fingerprint density at radius 2 is 1.76 bits per heavy atom. The summed E-state index contributed by atoms with van der Waals surface area (Å²) in [5.74, 6) is -0.344. The van der Waals surface area contributed by atoms with E-state index < -0.39 is 0 Å². The quantitative estimate of drug-likeness (QED) is 0.752. The van der Waals surface area contributed by atoms with Crippen molar-refractivity contribution in [1.82, 2.24) is 4.98 Å². The fraction of sp³-hybridized carbons (Fsp3) is 0.143. The number of carbonyl (C=O) groups is 1. The highest BCUT2D eigenvalue weighted by Gasteiger charge is 2.17. The molecule has 1 heterocycles. The first-order valence-corrected chi connectivity index (χ1v) is 8.23. The molecule has 3 rings (SSSR count). The van der Waals surface area contributed by atoms with Crippen LogP contribution in [-0.2, 0) is 0 Å². The van der Waals surface area contributed by atoms with E-state index in [0.29, 0.717) is 11.2 Å². The minimum absolute atomic E-state index is 0. The molecule has 0 aliphatic rings. The average molecular weight is 336 g/mol. The number of aromatic nitrogens is 1. The lowest BCUT2D eigenvalue weighted by molar-refractivity contribution is 0.0991. The number of amides is 1. The lowest BCUT2D eigenvalue weighted by Crippen LogP contribution is -2.31. The minimum atomic E-state index is -0.386. The maximum Gasteiger partial charge on any atom is 0.263 e. The van der Waals surface area contributed by atoms with Crippen molar-refractivity contribution in [3.8, 4) is 0 Å². The maximum absolute atomic E-state index is 12.6. The molecule has 25 heavy (non-hydrogen) atoms. The van der Waals surface area contributed by atoms with Crippen molar-refractivity contribution in [2.75, 3.05) is 11.9 Å². The molecule has 0 saturated carbocycles. The molecule has 2 aromatic carbocycles. The summed E-state index contributed by atoms with van der Waals surface area (Å²) in [7, 11) is 1.65. The summed E-state index contributed by atoms with van der Waals surface area (Å²) in [5, 5.41) is 0.825. The Balaban J connectivity index is 0.00000109. The molecule has 0 fully saturated rings. The minimum Gasteiger partial charge on any atom is -0.321 e. The summed E-state index contributed by atoms with van der Waals surface area (Å²) in [4.78, 5) is 29.1. The fourth-order valence-corrected chi connectivity index (χ4v) is 2.44. The molecular weight excluding hydrogens is 312 g/mol. The second-order valence-electron chi connectivity index (χ2n) is 5.26. The molecule has 0 bridgehead atoms. The number of nitrogens with zero attached hydrogens (tertiary/aromatic N) is 1. The lowest BCUT2D eigenvalue weighted by Gasteiger charge is -2.17. The number of hydrogen-bond acceptors (Lipinski definition) is 2. The summed E-state index contributed by atoms with van der Waals surface area (Å²) < 4.78 is 0. The van der Waals surface area contributed by atoms with Crippen molar-refractivity contribution >= 4 is 28.6 Å². The Morgan fingerprint density at radius 3 is 2.40 bits per heavy atom. The summed E-state index contributed by atoms with van der Waals surface area (Å²) in [6.07, 6.45) is 1.74. The molecule has 3 aromatic rings. The normalized spacial score (nSPS) is 9.88. The molecule has 0 aliphatic carbocycles. The highest BCUT2D eigenvalue weighted by molar-refractivity contribution is 6.07. The van der Waals surface area contributed by atoms with Gasteiger partial charge in [0.15, 0.2) is 0 Å². The third-order valence-corrected chi connectivity index (χ3v) is 3.80. The predicted octanol–water partition coefficient (Wildman–Crippen LogP) is 4.72. The Morgan fingerprint density at radius 1 is 1.12 bits per heavy atom. The standard InChI is InChI=1S/C19H16N2O2.C2H6.H2/c1-3-13-8-10-15(11-9-13)21(2)19(23)16-12-14-6-4-5-7-17(14)20-18(16)22;1-2;/h3-12H,1H2,2H3,(H,20,22);1-2H3;1H. The number of aromatic amines is 1. The number of nitrogens with one attached hydrogen (secondary N) is 1. The van der Waals surface area contributed by atoms with Gasteiger partial charge in [0.2, 0.25) is 0 Å². The number of para-hydroxylation sites is 1. The summed E-state index contributed by atoms with van der Waals surface area (Å²) in [6, 6.07) is 16.4. The number of rotatable bonds is 3. The van der Waals surface area contributed by atoms with Crippen LogP contribution in [0.5, 0.6) is 0 Å². The number of anilines is 1. The summed E-state index contributed by atoms with van der Waals surface area (Å²) >= 11 is 0. The van der Waals surface area contributed by atoms with E-state index in [1.165, 1.54) is 4.90 Å². The summed E-state index contributed by atoms with van der Waals surface area (Å²) in [5.41, 5.74) is 2.14. The fourth-order valence-electron chi connectivity index (χ4n) is 2.44. The van der Waals surface area contributed by atoms with Crippen LogP contribution in [0.1, 0.15) is 31.2 Å². The average Bonchev–Trinajstić information content (AvgIpc) is 2.68. The number of benzene rings is 2. The number of H-pyrrole nitrogens is 1. The molecular formula is C21H24N2O2. The van der Waals surface area contributed by atoms with E-state index in [9.17, 15) is 9.59 Å². The third kappa shape index (κ3) is 3.86. The number of pyridine rings is 1. The first-order valence-electron chi connectivity index (χ1n) is 8.23. The molecule has 1 N–H and O–H groups in total. The van der Waals surface area contributed by atoms with Gasteiger partial charge >= 0.3 is 0 Å². The van der Waals surface area contributed by atoms with Crippen molar-refractivity contribution < 1.29 is 6.22 Å². The molecule has 0 unspecified atom stereocenters. The zero-order chi connectivity index (χ0) is 18.4. The van der Waals surface area contributed by atoms with Gasteiger partial charge in [0, 0.05) is 19.7 Å². The van der Waals surface area contributed by atoms with Gasteiger partial charge in [-0.15, -0.1) is 0 Å².